The maximum absolute atomic E-state index is 12.1. The summed E-state index contributed by atoms with van der Waals surface area (Å²) >= 11 is 0. The van der Waals surface area contributed by atoms with Crippen LogP contribution in [0.4, 0.5) is 5.69 Å². The number of terminal acetylenes is 1. The molecular weight excluding hydrogens is 202 g/mol. The number of hydrogen-bond acceptors (Lipinski definition) is 2. The Labute approximate surface area is 96.0 Å². The van der Waals surface area contributed by atoms with E-state index < -0.39 is 0 Å². The molecule has 0 saturated heterocycles. The van der Waals surface area contributed by atoms with E-state index in [-0.39, 0.29) is 5.91 Å². The number of amides is 1. The van der Waals surface area contributed by atoms with E-state index in [0.717, 1.165) is 0 Å². The van der Waals surface area contributed by atoms with Gasteiger partial charge in [-0.15, -0.1) is 6.42 Å². The highest BCUT2D eigenvalue weighted by Crippen LogP contribution is 2.12. The molecule has 0 aromatic carbocycles. The fourth-order valence-electron chi connectivity index (χ4n) is 1.57. The zero-order valence-electron chi connectivity index (χ0n) is 9.73. The Balaban J connectivity index is 2.98. The fraction of sp³-hybridized carbons (Fsp3) is 0.417. The summed E-state index contributed by atoms with van der Waals surface area (Å²) in [6, 6.07) is 1.69. The third-order valence-electron chi connectivity index (χ3n) is 2.43. The van der Waals surface area contributed by atoms with E-state index in [9.17, 15) is 4.79 Å². The summed E-state index contributed by atoms with van der Waals surface area (Å²) in [6.07, 6.45) is 6.98. The zero-order chi connectivity index (χ0) is 12.1. The normalized spacial score (nSPS) is 9.81. The molecule has 1 aromatic rings. The van der Waals surface area contributed by atoms with Crippen molar-refractivity contribution in [3.8, 4) is 12.3 Å². The van der Waals surface area contributed by atoms with Crippen molar-refractivity contribution < 1.29 is 4.79 Å². The van der Waals surface area contributed by atoms with Crippen LogP contribution in [0.1, 0.15) is 24.3 Å². The summed E-state index contributed by atoms with van der Waals surface area (Å²) in [6.45, 7) is 5.50. The number of anilines is 1. The van der Waals surface area contributed by atoms with Crippen molar-refractivity contribution in [2.75, 3.05) is 18.8 Å². The highest BCUT2D eigenvalue weighted by Gasteiger charge is 2.17. The van der Waals surface area contributed by atoms with Crippen molar-refractivity contribution >= 4 is 11.6 Å². The monoisotopic (exact) mass is 219 g/mol. The first-order chi connectivity index (χ1) is 7.63. The van der Waals surface area contributed by atoms with E-state index >= 15 is 0 Å². The van der Waals surface area contributed by atoms with Crippen molar-refractivity contribution in [1.82, 2.24) is 9.47 Å². The Morgan fingerprint density at radius 3 is 2.81 bits per heavy atom. The third kappa shape index (κ3) is 2.37. The zero-order valence-corrected chi connectivity index (χ0v) is 9.73. The van der Waals surface area contributed by atoms with Gasteiger partial charge in [-0.25, -0.2) is 0 Å². The van der Waals surface area contributed by atoms with Crippen LogP contribution in [0.15, 0.2) is 12.3 Å². The molecule has 2 N–H and O–H groups in total. The van der Waals surface area contributed by atoms with Crippen LogP contribution in [0.3, 0.4) is 0 Å². The van der Waals surface area contributed by atoms with Crippen LogP contribution in [-0.2, 0) is 6.54 Å². The predicted molar refractivity (Wildman–Crippen MR) is 64.9 cm³/mol. The van der Waals surface area contributed by atoms with E-state index in [4.69, 9.17) is 12.2 Å². The lowest BCUT2D eigenvalue weighted by atomic mass is 10.3. The molecule has 0 atom stereocenters. The number of carbonyl (C=O) groups excluding carboxylic acids is 1. The molecule has 0 fully saturated rings. The molecular formula is C12H17N3O. The van der Waals surface area contributed by atoms with E-state index in [1.54, 1.807) is 17.2 Å². The van der Waals surface area contributed by atoms with Gasteiger partial charge in [0.05, 0.1) is 12.2 Å². The smallest absolute Gasteiger partial charge is 0.271 e. The predicted octanol–water partition coefficient (Wildman–Crippen LogP) is 1.19. The minimum Gasteiger partial charge on any atom is -0.397 e. The number of aryl methyl sites for hydroxylation is 1. The number of aromatic nitrogens is 1. The molecule has 0 saturated carbocycles. The van der Waals surface area contributed by atoms with Crippen molar-refractivity contribution in [2.45, 2.75) is 20.4 Å². The maximum atomic E-state index is 12.1. The maximum Gasteiger partial charge on any atom is 0.271 e. The lowest BCUT2D eigenvalue weighted by Crippen LogP contribution is -2.32. The Morgan fingerprint density at radius 1 is 1.62 bits per heavy atom. The third-order valence-corrected chi connectivity index (χ3v) is 2.43. The standard InChI is InChI=1S/C12H17N3O/c1-4-7-14(5-2)12(16)11-8-10(13)9-15(11)6-3/h1,8-9H,5-7,13H2,2-3H3. The molecule has 0 aliphatic rings. The second-order valence-corrected chi connectivity index (χ2v) is 3.47. The van der Waals surface area contributed by atoms with Crippen LogP contribution in [0, 0.1) is 12.3 Å². The first kappa shape index (κ1) is 12.2. The van der Waals surface area contributed by atoms with Crippen molar-refractivity contribution in [3.63, 3.8) is 0 Å². The number of rotatable bonds is 4. The largest absolute Gasteiger partial charge is 0.397 e. The topological polar surface area (TPSA) is 51.3 Å². The van der Waals surface area contributed by atoms with Gasteiger partial charge in [0.15, 0.2) is 0 Å². The molecule has 1 heterocycles. The fourth-order valence-corrected chi connectivity index (χ4v) is 1.57. The molecule has 1 amide bonds. The average Bonchev–Trinajstić information content (AvgIpc) is 2.66. The molecule has 0 radical (unpaired) electrons. The van der Waals surface area contributed by atoms with Gasteiger partial charge in [-0.05, 0) is 19.9 Å². The lowest BCUT2D eigenvalue weighted by molar-refractivity contribution is 0.0774. The molecule has 4 heteroatoms. The van der Waals surface area contributed by atoms with Crippen LogP contribution < -0.4 is 5.73 Å². The number of nitrogens with zero attached hydrogens (tertiary/aromatic N) is 2. The highest BCUT2D eigenvalue weighted by atomic mass is 16.2. The number of nitrogens with two attached hydrogens (primary N) is 1. The van der Waals surface area contributed by atoms with Crippen LogP contribution in [0.25, 0.3) is 0 Å². The summed E-state index contributed by atoms with van der Waals surface area (Å²) in [5, 5.41) is 0. The molecule has 1 rings (SSSR count). The van der Waals surface area contributed by atoms with Gasteiger partial charge >= 0.3 is 0 Å². The molecule has 0 unspecified atom stereocenters. The SMILES string of the molecule is C#CCN(CC)C(=O)c1cc(N)cn1CC. The van der Waals surface area contributed by atoms with Crippen molar-refractivity contribution in [3.05, 3.63) is 18.0 Å². The molecule has 16 heavy (non-hydrogen) atoms. The summed E-state index contributed by atoms with van der Waals surface area (Å²) in [4.78, 5) is 13.7. The average molecular weight is 219 g/mol. The minimum atomic E-state index is -0.0704. The minimum absolute atomic E-state index is 0.0704. The van der Waals surface area contributed by atoms with E-state index in [2.05, 4.69) is 5.92 Å². The second kappa shape index (κ2) is 5.26. The molecule has 86 valence electrons. The quantitative estimate of drug-likeness (QED) is 0.773. The Hall–Kier alpha value is -1.89. The van der Waals surface area contributed by atoms with Crippen LogP contribution in [0.2, 0.25) is 0 Å². The summed E-state index contributed by atoms with van der Waals surface area (Å²) in [7, 11) is 0. The summed E-state index contributed by atoms with van der Waals surface area (Å²) < 4.78 is 1.83. The second-order valence-electron chi connectivity index (χ2n) is 3.47. The van der Waals surface area contributed by atoms with Gasteiger partial charge in [0.2, 0.25) is 0 Å². The van der Waals surface area contributed by atoms with Gasteiger partial charge in [0.25, 0.3) is 5.91 Å². The van der Waals surface area contributed by atoms with Gasteiger partial charge in [0.1, 0.15) is 5.69 Å². The number of carbonyl (C=O) groups is 1. The van der Waals surface area contributed by atoms with Gasteiger partial charge in [-0.3, -0.25) is 4.79 Å². The van der Waals surface area contributed by atoms with Crippen LogP contribution in [-0.4, -0.2) is 28.5 Å². The van der Waals surface area contributed by atoms with Crippen LogP contribution >= 0.6 is 0 Å². The first-order valence-electron chi connectivity index (χ1n) is 5.32. The Kier molecular flexibility index (Phi) is 4.01. The highest BCUT2D eigenvalue weighted by molar-refractivity contribution is 5.94. The molecule has 0 aliphatic carbocycles. The summed E-state index contributed by atoms with van der Waals surface area (Å²) in [5.74, 6) is 2.41. The number of nitrogen functional groups attached to an aromatic ring is 1. The van der Waals surface area contributed by atoms with E-state index in [0.29, 0.717) is 31.0 Å². The summed E-state index contributed by atoms with van der Waals surface area (Å²) in [5.41, 5.74) is 6.87. The molecule has 1 aromatic heterocycles. The molecule has 0 spiro atoms. The molecule has 4 nitrogen and oxygen atoms in total. The van der Waals surface area contributed by atoms with Gasteiger partial charge in [0, 0.05) is 19.3 Å². The van der Waals surface area contributed by atoms with Gasteiger partial charge in [-0.2, -0.15) is 0 Å². The van der Waals surface area contributed by atoms with Crippen LogP contribution in [0.5, 0.6) is 0 Å². The molecule has 0 bridgehead atoms. The van der Waals surface area contributed by atoms with Gasteiger partial charge in [-0.1, -0.05) is 5.92 Å². The van der Waals surface area contributed by atoms with E-state index in [1.165, 1.54) is 0 Å². The van der Waals surface area contributed by atoms with E-state index in [1.807, 2.05) is 18.4 Å². The Bertz CT molecular complexity index is 414. The van der Waals surface area contributed by atoms with Gasteiger partial charge < -0.3 is 15.2 Å². The first-order valence-corrected chi connectivity index (χ1v) is 5.32. The molecule has 0 aliphatic heterocycles. The lowest BCUT2D eigenvalue weighted by Gasteiger charge is -2.18. The Morgan fingerprint density at radius 2 is 2.31 bits per heavy atom. The number of hydrogen-bond donors (Lipinski definition) is 1. The van der Waals surface area contributed by atoms with Crippen molar-refractivity contribution in [2.24, 2.45) is 0 Å². The van der Waals surface area contributed by atoms with Crippen molar-refractivity contribution in [1.29, 1.82) is 0 Å².